The van der Waals surface area contributed by atoms with E-state index in [4.69, 9.17) is 4.52 Å². The Morgan fingerprint density at radius 3 is 2.68 bits per heavy atom. The average molecular weight is 404 g/mol. The first-order valence-electron chi connectivity index (χ1n) is 9.29. The number of hydrogen-bond acceptors (Lipinski definition) is 6. The summed E-state index contributed by atoms with van der Waals surface area (Å²) in [5.41, 5.74) is 1.65. The largest absolute Gasteiger partial charge is 0.361 e. The van der Waals surface area contributed by atoms with E-state index in [2.05, 4.69) is 10.1 Å². The minimum Gasteiger partial charge on any atom is -0.361 e. The number of benzene rings is 1. The van der Waals surface area contributed by atoms with Gasteiger partial charge in [-0.05, 0) is 25.0 Å². The second kappa shape index (κ2) is 9.16. The maximum Gasteiger partial charge on any atom is 0.238 e. The molecule has 7 nitrogen and oxygen atoms in total. The van der Waals surface area contributed by atoms with Crippen molar-refractivity contribution in [3.8, 4) is 0 Å². The van der Waals surface area contributed by atoms with E-state index in [-0.39, 0.29) is 5.91 Å². The minimum atomic E-state index is -3.61. The molecule has 0 unspecified atom stereocenters. The molecule has 1 aliphatic rings. The topological polar surface area (TPSA) is 83.7 Å². The van der Waals surface area contributed by atoms with Gasteiger partial charge in [0.05, 0.1) is 5.69 Å². The lowest BCUT2D eigenvalue weighted by molar-refractivity contribution is -0.128. The molecule has 0 N–H and O–H groups in total. The SMILES string of the molecule is Cc1cc(CN2CCCN(C(=O)CS(=O)(=O)C=Cc3ccccc3)CC2)no1. The summed E-state index contributed by atoms with van der Waals surface area (Å²) in [6.45, 7) is 5.09. The molecule has 1 aliphatic heterocycles. The molecule has 150 valence electrons. The zero-order chi connectivity index (χ0) is 20.0. The van der Waals surface area contributed by atoms with Crippen molar-refractivity contribution in [2.75, 3.05) is 31.9 Å². The molecule has 1 aromatic carbocycles. The van der Waals surface area contributed by atoms with E-state index < -0.39 is 15.6 Å². The van der Waals surface area contributed by atoms with Gasteiger partial charge in [-0.3, -0.25) is 9.69 Å². The van der Waals surface area contributed by atoms with Gasteiger partial charge in [0.2, 0.25) is 5.91 Å². The number of amides is 1. The average Bonchev–Trinajstić information content (AvgIpc) is 2.93. The normalized spacial score (nSPS) is 16.4. The van der Waals surface area contributed by atoms with Gasteiger partial charge in [-0.15, -0.1) is 0 Å². The second-order valence-electron chi connectivity index (χ2n) is 6.96. The maximum absolute atomic E-state index is 12.5. The summed E-state index contributed by atoms with van der Waals surface area (Å²) in [4.78, 5) is 16.4. The van der Waals surface area contributed by atoms with E-state index in [1.165, 1.54) is 6.08 Å². The molecule has 2 heterocycles. The van der Waals surface area contributed by atoms with Gasteiger partial charge in [0.1, 0.15) is 11.5 Å². The van der Waals surface area contributed by atoms with E-state index in [9.17, 15) is 13.2 Å². The van der Waals surface area contributed by atoms with Crippen LogP contribution in [0.3, 0.4) is 0 Å². The molecule has 1 aromatic heterocycles. The number of sulfone groups is 1. The minimum absolute atomic E-state index is 0.350. The molecule has 0 aliphatic carbocycles. The monoisotopic (exact) mass is 403 g/mol. The van der Waals surface area contributed by atoms with E-state index in [1.54, 1.807) is 4.90 Å². The molecule has 3 rings (SSSR count). The molecule has 0 saturated carbocycles. The van der Waals surface area contributed by atoms with Crippen LogP contribution in [-0.4, -0.2) is 61.2 Å². The Morgan fingerprint density at radius 2 is 1.96 bits per heavy atom. The molecular formula is C20H25N3O4S. The molecule has 0 atom stereocenters. The number of rotatable bonds is 6. The van der Waals surface area contributed by atoms with Crippen LogP contribution >= 0.6 is 0 Å². The number of hydrogen-bond donors (Lipinski definition) is 0. The Morgan fingerprint density at radius 1 is 1.18 bits per heavy atom. The third-order valence-corrected chi connectivity index (χ3v) is 5.80. The van der Waals surface area contributed by atoms with E-state index in [1.807, 2.05) is 43.3 Å². The van der Waals surface area contributed by atoms with Gasteiger partial charge in [-0.2, -0.15) is 0 Å². The summed E-state index contributed by atoms with van der Waals surface area (Å²) in [7, 11) is -3.61. The van der Waals surface area contributed by atoms with Crippen LogP contribution in [0.1, 0.15) is 23.4 Å². The first-order chi connectivity index (χ1) is 13.4. The lowest BCUT2D eigenvalue weighted by atomic mass is 10.2. The number of nitrogens with zero attached hydrogens (tertiary/aromatic N) is 3. The number of carbonyl (C=O) groups excluding carboxylic acids is 1. The standard InChI is InChI=1S/C20H25N3O4S/c1-17-14-19(21-27-17)15-22-9-5-10-23(12-11-22)20(24)16-28(25,26)13-8-18-6-3-2-4-7-18/h2-4,6-8,13-14H,5,9-12,15-16H2,1H3. The third-order valence-electron chi connectivity index (χ3n) is 4.60. The van der Waals surface area contributed by atoms with Crippen LogP contribution in [0.25, 0.3) is 6.08 Å². The first-order valence-corrected chi connectivity index (χ1v) is 11.0. The highest BCUT2D eigenvalue weighted by Gasteiger charge is 2.23. The second-order valence-corrected chi connectivity index (χ2v) is 8.85. The lowest BCUT2D eigenvalue weighted by Crippen LogP contribution is -2.38. The Bertz CT molecular complexity index is 922. The van der Waals surface area contributed by atoms with Crippen LogP contribution in [0.4, 0.5) is 0 Å². The summed E-state index contributed by atoms with van der Waals surface area (Å²) < 4.78 is 29.7. The van der Waals surface area contributed by atoms with Gasteiger partial charge in [0, 0.05) is 44.2 Å². The number of aryl methyl sites for hydroxylation is 1. The molecule has 0 spiro atoms. The van der Waals surface area contributed by atoms with Gasteiger partial charge in [0.25, 0.3) is 0 Å². The fraction of sp³-hybridized carbons (Fsp3) is 0.400. The van der Waals surface area contributed by atoms with Gasteiger partial charge in [-0.25, -0.2) is 8.42 Å². The maximum atomic E-state index is 12.5. The van der Waals surface area contributed by atoms with Gasteiger partial charge in [0.15, 0.2) is 9.84 Å². The molecule has 0 radical (unpaired) electrons. The highest BCUT2D eigenvalue weighted by atomic mass is 32.2. The quantitative estimate of drug-likeness (QED) is 0.735. The zero-order valence-corrected chi connectivity index (χ0v) is 16.8. The Kier molecular flexibility index (Phi) is 6.64. The van der Waals surface area contributed by atoms with Crippen molar-refractivity contribution in [3.05, 3.63) is 58.8 Å². The first kappa shape index (κ1) is 20.3. The van der Waals surface area contributed by atoms with Crippen LogP contribution in [0.5, 0.6) is 0 Å². The Labute approximate surface area is 165 Å². The van der Waals surface area contributed by atoms with Crippen molar-refractivity contribution >= 4 is 21.8 Å². The van der Waals surface area contributed by atoms with E-state index in [0.717, 1.165) is 35.4 Å². The molecule has 0 bridgehead atoms. The smallest absolute Gasteiger partial charge is 0.238 e. The summed E-state index contributed by atoms with van der Waals surface area (Å²) in [5, 5.41) is 5.13. The van der Waals surface area contributed by atoms with E-state index in [0.29, 0.717) is 26.2 Å². The molecule has 28 heavy (non-hydrogen) atoms. The van der Waals surface area contributed by atoms with Crippen molar-refractivity contribution < 1.29 is 17.7 Å². The Hall–Kier alpha value is -2.45. The highest BCUT2D eigenvalue weighted by Crippen LogP contribution is 2.11. The fourth-order valence-corrected chi connectivity index (χ4v) is 4.15. The lowest BCUT2D eigenvalue weighted by Gasteiger charge is -2.21. The number of carbonyl (C=O) groups is 1. The molecule has 1 amide bonds. The molecular weight excluding hydrogens is 378 g/mol. The predicted molar refractivity (Wildman–Crippen MR) is 107 cm³/mol. The fourth-order valence-electron chi connectivity index (χ4n) is 3.16. The van der Waals surface area contributed by atoms with Crippen LogP contribution in [0, 0.1) is 6.92 Å². The molecule has 1 fully saturated rings. The van der Waals surface area contributed by atoms with Crippen molar-refractivity contribution in [3.63, 3.8) is 0 Å². The van der Waals surface area contributed by atoms with Gasteiger partial charge in [-0.1, -0.05) is 35.5 Å². The molecule has 1 saturated heterocycles. The van der Waals surface area contributed by atoms with Crippen LogP contribution in [-0.2, 0) is 21.2 Å². The summed E-state index contributed by atoms with van der Waals surface area (Å²) in [6, 6.07) is 11.1. The van der Waals surface area contributed by atoms with Gasteiger partial charge < -0.3 is 9.42 Å². The summed E-state index contributed by atoms with van der Waals surface area (Å²) >= 11 is 0. The highest BCUT2D eigenvalue weighted by molar-refractivity contribution is 7.95. The molecule has 2 aromatic rings. The van der Waals surface area contributed by atoms with Crippen LogP contribution in [0.15, 0.2) is 46.3 Å². The van der Waals surface area contributed by atoms with Crippen molar-refractivity contribution in [1.82, 2.24) is 15.0 Å². The van der Waals surface area contributed by atoms with Gasteiger partial charge >= 0.3 is 0 Å². The van der Waals surface area contributed by atoms with Crippen molar-refractivity contribution in [2.45, 2.75) is 19.9 Å². The summed E-state index contributed by atoms with van der Waals surface area (Å²) in [6.07, 6.45) is 2.31. The Balaban J connectivity index is 1.53. The van der Waals surface area contributed by atoms with E-state index >= 15 is 0 Å². The van der Waals surface area contributed by atoms with Crippen LogP contribution in [0.2, 0.25) is 0 Å². The zero-order valence-electron chi connectivity index (χ0n) is 16.0. The summed E-state index contributed by atoms with van der Waals surface area (Å²) in [5.74, 6) is -0.0778. The third kappa shape index (κ3) is 6.03. The molecule has 8 heteroatoms. The van der Waals surface area contributed by atoms with Crippen molar-refractivity contribution in [2.24, 2.45) is 0 Å². The number of aromatic nitrogens is 1. The van der Waals surface area contributed by atoms with Crippen molar-refractivity contribution in [1.29, 1.82) is 0 Å². The predicted octanol–water partition coefficient (Wildman–Crippen LogP) is 2.10. The van der Waals surface area contributed by atoms with Crippen LogP contribution < -0.4 is 0 Å².